The second-order valence-corrected chi connectivity index (χ2v) is 19.0. The average Bonchev–Trinajstić information content (AvgIpc) is 3.15. The van der Waals surface area contributed by atoms with Gasteiger partial charge in [-0.05, 0) is 12.8 Å². The minimum Gasteiger partial charge on any atom is -0.462 e. The SMILES string of the molecule is CCCCCCCCCCCCCCCCCCCCCCCCCC(=O)OC[C@@H](COP(=O)(O)OCC[N+](C)(C)C)OC(=O)CCCCCCCCCCC. The van der Waals surface area contributed by atoms with E-state index in [4.69, 9.17) is 18.5 Å². The van der Waals surface area contributed by atoms with Crippen molar-refractivity contribution in [2.24, 2.45) is 0 Å². The number of phosphoric acid groups is 1. The third kappa shape index (κ3) is 42.6. The van der Waals surface area contributed by atoms with E-state index in [9.17, 15) is 19.0 Å². The van der Waals surface area contributed by atoms with Gasteiger partial charge in [-0.1, -0.05) is 206 Å². The predicted molar refractivity (Wildman–Crippen MR) is 234 cm³/mol. The Bertz CT molecular complexity index is 927. The lowest BCUT2D eigenvalue weighted by molar-refractivity contribution is -0.870. The first kappa shape index (κ1) is 55.0. The summed E-state index contributed by atoms with van der Waals surface area (Å²) in [5.74, 6) is -0.786. The summed E-state index contributed by atoms with van der Waals surface area (Å²) < 4.78 is 34.3. The van der Waals surface area contributed by atoms with Crippen LogP contribution >= 0.6 is 7.82 Å². The van der Waals surface area contributed by atoms with Gasteiger partial charge < -0.3 is 18.9 Å². The standard InChI is InChI=1S/C46H92NO8P/c1-6-8-10-12-14-16-17-18-19-20-21-22-23-24-25-26-27-28-29-31-32-34-36-38-45(48)52-42-44(43-54-56(50,51)53-41-40-47(3,4)5)55-46(49)39-37-35-33-30-15-13-11-9-7-2/h44H,6-43H2,1-5H3/p+1/t44-/m0/s1. The van der Waals surface area contributed by atoms with Crippen LogP contribution in [0.4, 0.5) is 0 Å². The summed E-state index contributed by atoms with van der Waals surface area (Å²) in [6.45, 7) is 4.44. The summed E-state index contributed by atoms with van der Waals surface area (Å²) in [4.78, 5) is 35.3. The monoisotopic (exact) mass is 819 g/mol. The highest BCUT2D eigenvalue weighted by atomic mass is 31.2. The molecule has 0 radical (unpaired) electrons. The normalized spacial score (nSPS) is 13.5. The number of phosphoric ester groups is 1. The van der Waals surface area contributed by atoms with Crippen LogP contribution in [0, 0.1) is 0 Å². The lowest BCUT2D eigenvalue weighted by atomic mass is 10.0. The van der Waals surface area contributed by atoms with Gasteiger partial charge in [0.15, 0.2) is 6.10 Å². The number of nitrogens with zero attached hydrogens (tertiary/aromatic N) is 1. The molecule has 0 aromatic carbocycles. The van der Waals surface area contributed by atoms with Crippen molar-refractivity contribution in [3.8, 4) is 0 Å². The lowest BCUT2D eigenvalue weighted by Crippen LogP contribution is -2.37. The van der Waals surface area contributed by atoms with Crippen molar-refractivity contribution >= 4 is 19.8 Å². The van der Waals surface area contributed by atoms with Crippen LogP contribution in [0.15, 0.2) is 0 Å². The quantitative estimate of drug-likeness (QED) is 0.0280. The number of hydrogen-bond acceptors (Lipinski definition) is 7. The zero-order chi connectivity index (χ0) is 41.4. The highest BCUT2D eigenvalue weighted by molar-refractivity contribution is 7.47. The van der Waals surface area contributed by atoms with E-state index in [2.05, 4.69) is 13.8 Å². The fourth-order valence-corrected chi connectivity index (χ4v) is 7.64. The Kier molecular flexibility index (Phi) is 38.8. The van der Waals surface area contributed by atoms with Crippen LogP contribution in [0.25, 0.3) is 0 Å². The molecule has 0 bridgehead atoms. The molecule has 0 fully saturated rings. The van der Waals surface area contributed by atoms with Crippen molar-refractivity contribution in [1.82, 2.24) is 0 Å². The molecule has 334 valence electrons. The van der Waals surface area contributed by atoms with Crippen LogP contribution in [0.3, 0.4) is 0 Å². The Hall–Kier alpha value is -0.990. The van der Waals surface area contributed by atoms with E-state index in [1.165, 1.54) is 167 Å². The molecule has 56 heavy (non-hydrogen) atoms. The van der Waals surface area contributed by atoms with Crippen LogP contribution in [0.1, 0.15) is 232 Å². The molecule has 0 aliphatic carbocycles. The topological polar surface area (TPSA) is 108 Å². The van der Waals surface area contributed by atoms with E-state index in [0.717, 1.165) is 32.1 Å². The van der Waals surface area contributed by atoms with Gasteiger partial charge in [-0.2, -0.15) is 0 Å². The molecule has 10 heteroatoms. The molecule has 9 nitrogen and oxygen atoms in total. The van der Waals surface area contributed by atoms with Gasteiger partial charge in [0.05, 0.1) is 27.7 Å². The molecule has 0 aromatic rings. The molecule has 0 spiro atoms. The Morgan fingerprint density at radius 3 is 1.14 bits per heavy atom. The number of esters is 2. The van der Waals surface area contributed by atoms with Crippen LogP contribution in [-0.4, -0.2) is 74.9 Å². The van der Waals surface area contributed by atoms with Gasteiger partial charge in [0.25, 0.3) is 0 Å². The molecule has 0 aromatic heterocycles. The number of hydrogen-bond donors (Lipinski definition) is 1. The number of likely N-dealkylation sites (N-methyl/N-ethyl adjacent to an activating group) is 1. The van der Waals surface area contributed by atoms with Gasteiger partial charge in [-0.15, -0.1) is 0 Å². The predicted octanol–water partition coefficient (Wildman–Crippen LogP) is 13.6. The van der Waals surface area contributed by atoms with Crippen LogP contribution in [0.2, 0.25) is 0 Å². The van der Waals surface area contributed by atoms with E-state index in [0.29, 0.717) is 23.9 Å². The van der Waals surface area contributed by atoms with Gasteiger partial charge in [0, 0.05) is 12.8 Å². The molecule has 2 atom stereocenters. The van der Waals surface area contributed by atoms with Crippen LogP contribution < -0.4 is 0 Å². The molecule has 0 rings (SSSR count). The fraction of sp³-hybridized carbons (Fsp3) is 0.957. The highest BCUT2D eigenvalue weighted by Gasteiger charge is 2.27. The van der Waals surface area contributed by atoms with E-state index in [1.807, 2.05) is 21.1 Å². The molecule has 1 N–H and O–H groups in total. The Morgan fingerprint density at radius 1 is 0.482 bits per heavy atom. The Balaban J connectivity index is 4.08. The van der Waals surface area contributed by atoms with Gasteiger partial charge in [-0.3, -0.25) is 18.6 Å². The summed E-state index contributed by atoms with van der Waals surface area (Å²) in [6, 6.07) is 0. The highest BCUT2D eigenvalue weighted by Crippen LogP contribution is 2.43. The van der Waals surface area contributed by atoms with Crippen molar-refractivity contribution in [1.29, 1.82) is 0 Å². The minimum absolute atomic E-state index is 0.0366. The van der Waals surface area contributed by atoms with Crippen LogP contribution in [0.5, 0.6) is 0 Å². The summed E-state index contributed by atoms with van der Waals surface area (Å²) >= 11 is 0. The molecule has 0 saturated carbocycles. The summed E-state index contributed by atoms with van der Waals surface area (Å²) in [5.41, 5.74) is 0. The second kappa shape index (κ2) is 39.5. The average molecular weight is 819 g/mol. The largest absolute Gasteiger partial charge is 0.472 e. The second-order valence-electron chi connectivity index (χ2n) is 17.5. The minimum atomic E-state index is -4.36. The van der Waals surface area contributed by atoms with Gasteiger partial charge in [0.2, 0.25) is 0 Å². The number of rotatable bonds is 44. The first-order valence-corrected chi connectivity index (χ1v) is 25.3. The third-order valence-electron chi connectivity index (χ3n) is 10.6. The molecule has 1 unspecified atom stereocenters. The van der Waals surface area contributed by atoms with E-state index < -0.39 is 26.5 Å². The Labute approximate surface area is 346 Å². The van der Waals surface area contributed by atoms with Gasteiger partial charge in [0.1, 0.15) is 19.8 Å². The maximum Gasteiger partial charge on any atom is 0.472 e. The Morgan fingerprint density at radius 2 is 0.804 bits per heavy atom. The van der Waals surface area contributed by atoms with E-state index >= 15 is 0 Å². The van der Waals surface area contributed by atoms with Crippen molar-refractivity contribution in [2.75, 3.05) is 47.5 Å². The van der Waals surface area contributed by atoms with Crippen molar-refractivity contribution in [2.45, 2.75) is 238 Å². The van der Waals surface area contributed by atoms with Crippen LogP contribution in [-0.2, 0) is 32.7 Å². The van der Waals surface area contributed by atoms with E-state index in [-0.39, 0.29) is 25.6 Å². The number of carbonyl (C=O) groups is 2. The maximum atomic E-state index is 12.6. The lowest BCUT2D eigenvalue weighted by Gasteiger charge is -2.24. The van der Waals surface area contributed by atoms with Gasteiger partial charge >= 0.3 is 19.8 Å². The van der Waals surface area contributed by atoms with Gasteiger partial charge in [-0.25, -0.2) is 4.57 Å². The smallest absolute Gasteiger partial charge is 0.462 e. The summed E-state index contributed by atoms with van der Waals surface area (Å²) in [6.07, 6.45) is 40.3. The number of unbranched alkanes of at least 4 members (excludes halogenated alkanes) is 30. The first-order chi connectivity index (χ1) is 27.0. The molecule has 0 heterocycles. The molecule has 0 aliphatic rings. The van der Waals surface area contributed by atoms with Crippen molar-refractivity contribution < 1.29 is 42.1 Å². The molecule has 0 aliphatic heterocycles. The maximum absolute atomic E-state index is 12.6. The van der Waals surface area contributed by atoms with E-state index in [1.54, 1.807) is 0 Å². The molecule has 0 amide bonds. The number of ether oxygens (including phenoxy) is 2. The summed E-state index contributed by atoms with van der Waals surface area (Å²) in [7, 11) is 1.49. The third-order valence-corrected chi connectivity index (χ3v) is 11.6. The zero-order valence-corrected chi connectivity index (χ0v) is 38.5. The number of quaternary nitrogens is 1. The molecule has 0 saturated heterocycles. The zero-order valence-electron chi connectivity index (χ0n) is 37.6. The molecular weight excluding hydrogens is 725 g/mol. The summed E-state index contributed by atoms with van der Waals surface area (Å²) in [5, 5.41) is 0. The van der Waals surface area contributed by atoms with Crippen molar-refractivity contribution in [3.05, 3.63) is 0 Å². The number of carbonyl (C=O) groups excluding carboxylic acids is 2. The van der Waals surface area contributed by atoms with Crippen molar-refractivity contribution in [3.63, 3.8) is 0 Å². The fourth-order valence-electron chi connectivity index (χ4n) is 6.90. The molecular formula is C46H93NO8P+. The first-order valence-electron chi connectivity index (χ1n) is 23.8.